The molecule has 1 aliphatic heterocycles. The largest absolute Gasteiger partial charge is 0.592 e. The predicted molar refractivity (Wildman–Crippen MR) is 135 cm³/mol. The molecule has 0 saturated carbocycles. The van der Waals surface area contributed by atoms with Gasteiger partial charge in [0, 0.05) is 12.0 Å². The van der Waals surface area contributed by atoms with Crippen LogP contribution in [0.4, 0.5) is 5.69 Å². The van der Waals surface area contributed by atoms with Gasteiger partial charge in [-0.05, 0) is 54.2 Å². The van der Waals surface area contributed by atoms with Gasteiger partial charge in [0.15, 0.2) is 5.88 Å². The molecule has 9 nitrogen and oxygen atoms in total. The van der Waals surface area contributed by atoms with Crippen molar-refractivity contribution in [1.82, 2.24) is 16.0 Å². The molecular weight excluding hydrogens is 476 g/mol. The van der Waals surface area contributed by atoms with E-state index in [0.717, 1.165) is 5.56 Å². The summed E-state index contributed by atoms with van der Waals surface area (Å²) < 4.78 is 15.4. The molecule has 2 aromatic rings. The van der Waals surface area contributed by atoms with Crippen molar-refractivity contribution in [3.8, 4) is 11.1 Å². The lowest BCUT2D eigenvalue weighted by molar-refractivity contribution is -0.139. The zero-order valence-corrected chi connectivity index (χ0v) is 20.3. The van der Waals surface area contributed by atoms with E-state index in [-0.39, 0.29) is 17.9 Å². The van der Waals surface area contributed by atoms with Gasteiger partial charge >= 0.3 is 5.97 Å². The lowest BCUT2D eigenvalue weighted by Crippen LogP contribution is -2.42. The highest BCUT2D eigenvalue weighted by Gasteiger charge is 2.24. The first-order valence-corrected chi connectivity index (χ1v) is 13.5. The van der Waals surface area contributed by atoms with Gasteiger partial charge in [-0.1, -0.05) is 30.3 Å². The number of rotatable bonds is 12. The normalized spacial score (nSPS) is 17.0. The maximum atomic E-state index is 13.0. The molecule has 1 heterocycles. The molecule has 1 unspecified atom stereocenters. The lowest BCUT2D eigenvalue weighted by Gasteiger charge is -2.18. The second kappa shape index (κ2) is 12.7. The summed E-state index contributed by atoms with van der Waals surface area (Å²) in [5.41, 5.74) is 2.22. The molecule has 2 amide bonds. The van der Waals surface area contributed by atoms with Crippen molar-refractivity contribution in [1.29, 1.82) is 0 Å². The van der Waals surface area contributed by atoms with E-state index in [9.17, 15) is 24.0 Å². The summed E-state index contributed by atoms with van der Waals surface area (Å²) >= 11 is 0.0401. The van der Waals surface area contributed by atoms with Crippen molar-refractivity contribution in [2.24, 2.45) is 0 Å². The van der Waals surface area contributed by atoms with Gasteiger partial charge in [0.2, 0.25) is 5.91 Å². The topological polar surface area (TPSA) is 143 Å². The van der Waals surface area contributed by atoms with Crippen LogP contribution in [-0.2, 0) is 21.0 Å². The minimum Gasteiger partial charge on any atom is -0.592 e. The van der Waals surface area contributed by atoms with E-state index in [4.69, 9.17) is 0 Å². The number of thioether (sulfide) groups is 1. The number of anilines is 1. The molecule has 1 fully saturated rings. The second-order valence-electron chi connectivity index (χ2n) is 7.73. The molecule has 0 aliphatic carbocycles. The van der Waals surface area contributed by atoms with Crippen LogP contribution in [0.1, 0.15) is 29.6 Å². The van der Waals surface area contributed by atoms with Crippen LogP contribution in [0.5, 0.6) is 0 Å². The number of carbonyl (C=O) groups excluding carboxylic acids is 2. The van der Waals surface area contributed by atoms with Crippen LogP contribution in [0.3, 0.4) is 0 Å². The number of benzene rings is 2. The fourth-order valence-corrected chi connectivity index (χ4v) is 4.79. The Balaban J connectivity index is 1.76. The van der Waals surface area contributed by atoms with Crippen LogP contribution in [0, 0.1) is 0 Å². The van der Waals surface area contributed by atoms with E-state index in [1.54, 1.807) is 18.2 Å². The van der Waals surface area contributed by atoms with Crippen molar-refractivity contribution in [2.45, 2.75) is 31.5 Å². The highest BCUT2D eigenvalue weighted by molar-refractivity contribution is 7.98. The molecule has 0 radical (unpaired) electrons. The van der Waals surface area contributed by atoms with Crippen molar-refractivity contribution in [3.63, 3.8) is 0 Å². The Labute approximate surface area is 205 Å². The Morgan fingerprint density at radius 2 is 2.03 bits per heavy atom. The summed E-state index contributed by atoms with van der Waals surface area (Å²) in [5.74, 6) is -0.863. The first-order chi connectivity index (χ1) is 16.4. The highest BCUT2D eigenvalue weighted by atomic mass is 32.2. The number of aliphatic carboxylic acids is 1. The fraction of sp³-hybridized carbons (Fsp3) is 0.348. The van der Waals surface area contributed by atoms with Gasteiger partial charge in [-0.15, -0.1) is 0 Å². The summed E-state index contributed by atoms with van der Waals surface area (Å²) in [6.45, 7) is 0. The number of nitrogens with one attached hydrogen (secondary N) is 4. The van der Waals surface area contributed by atoms with Crippen molar-refractivity contribution < 1.29 is 24.0 Å². The van der Waals surface area contributed by atoms with Crippen LogP contribution in [-0.4, -0.2) is 57.5 Å². The third-order valence-corrected chi connectivity index (χ3v) is 6.79. The Kier molecular flexibility index (Phi) is 9.63. The van der Waals surface area contributed by atoms with Gasteiger partial charge in [-0.25, -0.2) is 9.52 Å². The number of carboxylic acids is 1. The molecule has 2 aromatic carbocycles. The Morgan fingerprint density at radius 3 is 2.68 bits per heavy atom. The van der Waals surface area contributed by atoms with Gasteiger partial charge in [-0.2, -0.15) is 11.8 Å². The van der Waals surface area contributed by atoms with E-state index in [1.165, 1.54) is 11.8 Å². The Hall–Kier alpha value is -2.73. The standard InChI is InChI=1S/C23H28N4O5S2/c1-33-12-11-19(23(30)31)25-22(29)17-8-7-16(13-18(17)15-5-3-2-4-6-15)27-34(32)14-24-20-9-10-21(28)26-20/h2-8,13,19-20,24,27H,9-12,14H2,1H3,(H,25,29)(H,26,28)(H,30,31)/t19-,20+,34?/m0/s1. The molecule has 182 valence electrons. The van der Waals surface area contributed by atoms with Crippen LogP contribution in [0.2, 0.25) is 0 Å². The molecule has 11 heteroatoms. The van der Waals surface area contributed by atoms with Crippen molar-refractivity contribution in [3.05, 3.63) is 54.1 Å². The Bertz CT molecular complexity index is 1010. The highest BCUT2D eigenvalue weighted by Crippen LogP contribution is 2.28. The number of hydrogen-bond acceptors (Lipinski definition) is 7. The quantitative estimate of drug-likeness (QED) is 0.277. The molecule has 0 spiro atoms. The molecule has 3 atom stereocenters. The predicted octanol–water partition coefficient (Wildman–Crippen LogP) is 2.15. The van der Waals surface area contributed by atoms with E-state index < -0.39 is 29.3 Å². The third kappa shape index (κ3) is 7.39. The number of carbonyl (C=O) groups is 3. The van der Waals surface area contributed by atoms with Gasteiger partial charge in [0.1, 0.15) is 6.04 Å². The van der Waals surface area contributed by atoms with Crippen LogP contribution >= 0.6 is 11.8 Å². The van der Waals surface area contributed by atoms with Crippen molar-refractivity contribution >= 4 is 46.6 Å². The zero-order valence-electron chi connectivity index (χ0n) is 18.7. The minimum absolute atomic E-state index is 0.0313. The average Bonchev–Trinajstić information content (AvgIpc) is 3.25. The number of carboxylic acid groups (broad SMARTS) is 1. The number of hydrogen-bond donors (Lipinski definition) is 5. The molecule has 34 heavy (non-hydrogen) atoms. The van der Waals surface area contributed by atoms with E-state index >= 15 is 0 Å². The smallest absolute Gasteiger partial charge is 0.326 e. The molecule has 0 aromatic heterocycles. The molecule has 1 saturated heterocycles. The molecular formula is C23H28N4O5S2. The molecule has 3 rings (SSSR count). The maximum absolute atomic E-state index is 13.0. The van der Waals surface area contributed by atoms with Gasteiger partial charge in [0.25, 0.3) is 5.91 Å². The second-order valence-corrected chi connectivity index (χ2v) is 9.90. The van der Waals surface area contributed by atoms with Crippen LogP contribution in [0.25, 0.3) is 11.1 Å². The van der Waals surface area contributed by atoms with Gasteiger partial charge in [-0.3, -0.25) is 14.9 Å². The number of amides is 2. The first-order valence-electron chi connectivity index (χ1n) is 10.8. The molecule has 5 N–H and O–H groups in total. The fourth-order valence-electron chi connectivity index (χ4n) is 3.50. The summed E-state index contributed by atoms with van der Waals surface area (Å²) in [7, 11) is 0. The Morgan fingerprint density at radius 1 is 1.26 bits per heavy atom. The van der Waals surface area contributed by atoms with E-state index in [2.05, 4.69) is 20.7 Å². The van der Waals surface area contributed by atoms with Crippen LogP contribution in [0.15, 0.2) is 48.5 Å². The van der Waals surface area contributed by atoms with Crippen molar-refractivity contribution in [2.75, 3.05) is 22.6 Å². The zero-order chi connectivity index (χ0) is 24.5. The first kappa shape index (κ1) is 25.9. The van der Waals surface area contributed by atoms with E-state index in [0.29, 0.717) is 41.8 Å². The summed E-state index contributed by atoms with van der Waals surface area (Å²) in [6, 6.07) is 13.2. The van der Waals surface area contributed by atoms with Crippen LogP contribution < -0.4 is 20.7 Å². The molecule has 0 bridgehead atoms. The lowest BCUT2D eigenvalue weighted by atomic mass is 9.98. The summed E-state index contributed by atoms with van der Waals surface area (Å²) in [5, 5.41) is 17.9. The maximum Gasteiger partial charge on any atom is 0.326 e. The third-order valence-electron chi connectivity index (χ3n) is 5.25. The monoisotopic (exact) mass is 504 g/mol. The summed E-state index contributed by atoms with van der Waals surface area (Å²) in [4.78, 5) is 35.9. The minimum atomic E-state index is -1.47. The van der Waals surface area contributed by atoms with Gasteiger partial charge < -0.3 is 20.3 Å². The average molecular weight is 505 g/mol. The molecule has 1 aliphatic rings. The van der Waals surface area contributed by atoms with Gasteiger partial charge in [0.05, 0.1) is 23.2 Å². The SMILES string of the molecule is CSCC[C@H](NC(=O)c1ccc(N[S+]([O-])CN[C@H]2CCC(=O)N2)cc1-c1ccccc1)C(=O)O. The van der Waals surface area contributed by atoms with E-state index in [1.807, 2.05) is 36.6 Å². The summed E-state index contributed by atoms with van der Waals surface area (Å²) in [6.07, 6.45) is 3.09.